The molecule has 2 rings (SSSR count). The summed E-state index contributed by atoms with van der Waals surface area (Å²) in [6, 6.07) is 3.39. The van der Waals surface area contributed by atoms with Crippen LogP contribution in [0.15, 0.2) is 27.8 Å². The van der Waals surface area contributed by atoms with Gasteiger partial charge in [0.1, 0.15) is 11.6 Å². The number of aryl methyl sites for hydroxylation is 1. The first-order valence-electron chi connectivity index (χ1n) is 6.40. The number of aromatic nitrogens is 2. The molecule has 116 valence electrons. The van der Waals surface area contributed by atoms with E-state index in [1.54, 1.807) is 0 Å². The molecule has 0 aliphatic heterocycles. The normalized spacial score (nSPS) is 10.5. The smallest absolute Gasteiger partial charge is 0.325 e. The molecule has 1 aromatic heterocycles. The molecule has 0 fully saturated rings. The van der Waals surface area contributed by atoms with Gasteiger partial charge in [0.25, 0.3) is 5.56 Å². The number of nitrogens with one attached hydrogen (secondary N) is 3. The molecule has 0 spiro atoms. The molecular weight excluding hydrogens is 296 g/mol. The van der Waals surface area contributed by atoms with Crippen LogP contribution < -0.4 is 16.6 Å². The van der Waals surface area contributed by atoms with Gasteiger partial charge in [-0.2, -0.15) is 0 Å². The summed E-state index contributed by atoms with van der Waals surface area (Å²) >= 11 is 0. The maximum absolute atomic E-state index is 13.4. The zero-order valence-corrected chi connectivity index (χ0v) is 11.6. The molecule has 3 N–H and O–H groups in total. The van der Waals surface area contributed by atoms with Gasteiger partial charge in [0.05, 0.1) is 6.42 Å². The van der Waals surface area contributed by atoms with E-state index >= 15 is 0 Å². The van der Waals surface area contributed by atoms with Crippen molar-refractivity contribution < 1.29 is 13.6 Å². The lowest BCUT2D eigenvalue weighted by molar-refractivity contribution is -0.120. The number of benzene rings is 1. The topological polar surface area (TPSA) is 94.8 Å². The number of carbonyl (C=O) groups is 1. The van der Waals surface area contributed by atoms with Crippen LogP contribution in [0.2, 0.25) is 0 Å². The Morgan fingerprint density at radius 3 is 2.36 bits per heavy atom. The Morgan fingerprint density at radius 2 is 1.77 bits per heavy atom. The molecule has 0 unspecified atom stereocenters. The van der Waals surface area contributed by atoms with E-state index in [0.717, 1.165) is 12.1 Å². The average Bonchev–Trinajstić information content (AvgIpc) is 2.42. The van der Waals surface area contributed by atoms with Crippen LogP contribution >= 0.6 is 0 Å². The molecule has 1 heterocycles. The lowest BCUT2D eigenvalue weighted by Crippen LogP contribution is -2.32. The van der Waals surface area contributed by atoms with Gasteiger partial charge in [-0.05, 0) is 19.1 Å². The minimum absolute atomic E-state index is 0.0890. The molecule has 0 atom stereocenters. The standard InChI is InChI=1S/C14H13F2N3O3/c1-7-8(13(21)19-14(22)18-7)5-12(20)17-6-9-10(15)3-2-4-11(9)16/h2-4H,5-6H2,1H3,(H,17,20)(H2,18,19,21,22). The third-order valence-corrected chi connectivity index (χ3v) is 3.12. The minimum atomic E-state index is -0.765. The molecule has 0 saturated carbocycles. The maximum atomic E-state index is 13.4. The Morgan fingerprint density at radius 1 is 1.14 bits per heavy atom. The van der Waals surface area contributed by atoms with Crippen molar-refractivity contribution in [3.8, 4) is 0 Å². The first-order valence-corrected chi connectivity index (χ1v) is 6.40. The van der Waals surface area contributed by atoms with E-state index in [0.29, 0.717) is 0 Å². The van der Waals surface area contributed by atoms with Crippen LogP contribution in [0.4, 0.5) is 8.78 Å². The Bertz CT molecular complexity index is 807. The fourth-order valence-corrected chi connectivity index (χ4v) is 1.95. The minimum Gasteiger partial charge on any atom is -0.352 e. The van der Waals surface area contributed by atoms with Crippen LogP contribution in [0.1, 0.15) is 16.8 Å². The van der Waals surface area contributed by atoms with E-state index < -0.39 is 28.8 Å². The lowest BCUT2D eigenvalue weighted by atomic mass is 10.1. The van der Waals surface area contributed by atoms with E-state index in [1.165, 1.54) is 13.0 Å². The van der Waals surface area contributed by atoms with Gasteiger partial charge in [-0.25, -0.2) is 13.6 Å². The summed E-state index contributed by atoms with van der Waals surface area (Å²) in [6.07, 6.45) is -0.311. The molecule has 6 nitrogen and oxygen atoms in total. The van der Waals surface area contributed by atoms with Crippen molar-refractivity contribution in [3.63, 3.8) is 0 Å². The predicted molar refractivity (Wildman–Crippen MR) is 74.3 cm³/mol. The van der Waals surface area contributed by atoms with Crippen LogP contribution in [0, 0.1) is 18.6 Å². The molecule has 2 aromatic rings. The summed E-state index contributed by atoms with van der Waals surface area (Å²) in [6.45, 7) is 1.15. The van der Waals surface area contributed by atoms with Gasteiger partial charge < -0.3 is 10.3 Å². The molecule has 0 radical (unpaired) electrons. The van der Waals surface area contributed by atoms with Crippen molar-refractivity contribution in [3.05, 3.63) is 67.5 Å². The van der Waals surface area contributed by atoms with Gasteiger partial charge in [-0.15, -0.1) is 0 Å². The highest BCUT2D eigenvalue weighted by Gasteiger charge is 2.13. The third kappa shape index (κ3) is 3.46. The monoisotopic (exact) mass is 309 g/mol. The van der Waals surface area contributed by atoms with Crippen molar-refractivity contribution in [1.82, 2.24) is 15.3 Å². The van der Waals surface area contributed by atoms with E-state index in [2.05, 4.69) is 10.3 Å². The van der Waals surface area contributed by atoms with Crippen molar-refractivity contribution >= 4 is 5.91 Å². The molecule has 1 aromatic carbocycles. The van der Waals surface area contributed by atoms with Crippen LogP contribution in [-0.4, -0.2) is 15.9 Å². The van der Waals surface area contributed by atoms with Crippen LogP contribution in [0.5, 0.6) is 0 Å². The Balaban J connectivity index is 2.09. The highest BCUT2D eigenvalue weighted by molar-refractivity contribution is 5.78. The molecule has 0 bridgehead atoms. The largest absolute Gasteiger partial charge is 0.352 e. The molecule has 0 aliphatic carbocycles. The van der Waals surface area contributed by atoms with Crippen molar-refractivity contribution in [1.29, 1.82) is 0 Å². The van der Waals surface area contributed by atoms with E-state index in [1.807, 2.05) is 4.98 Å². The number of hydrogen-bond acceptors (Lipinski definition) is 3. The Kier molecular flexibility index (Phi) is 4.50. The molecule has 8 heteroatoms. The summed E-state index contributed by atoms with van der Waals surface area (Å²) in [7, 11) is 0. The van der Waals surface area contributed by atoms with Crippen molar-refractivity contribution in [2.24, 2.45) is 0 Å². The third-order valence-electron chi connectivity index (χ3n) is 3.12. The van der Waals surface area contributed by atoms with Gasteiger partial charge in [-0.3, -0.25) is 14.6 Å². The van der Waals surface area contributed by atoms with Crippen molar-refractivity contribution in [2.45, 2.75) is 19.9 Å². The number of hydrogen-bond donors (Lipinski definition) is 3. The number of amides is 1. The SMILES string of the molecule is Cc1[nH]c(=O)[nH]c(=O)c1CC(=O)NCc1c(F)cccc1F. The molecular formula is C14H13F2N3O3. The Hall–Kier alpha value is -2.77. The summed E-state index contributed by atoms with van der Waals surface area (Å²) in [5.41, 5.74) is -1.25. The average molecular weight is 309 g/mol. The quantitative estimate of drug-likeness (QED) is 0.768. The highest BCUT2D eigenvalue weighted by Crippen LogP contribution is 2.11. The Labute approximate surface area is 123 Å². The number of aromatic amines is 2. The molecule has 0 saturated heterocycles. The van der Waals surface area contributed by atoms with Gasteiger partial charge in [-0.1, -0.05) is 6.07 Å². The lowest BCUT2D eigenvalue weighted by Gasteiger charge is -2.08. The number of H-pyrrole nitrogens is 2. The first kappa shape index (κ1) is 15.6. The van der Waals surface area contributed by atoms with Crippen LogP contribution in [-0.2, 0) is 17.8 Å². The fourth-order valence-electron chi connectivity index (χ4n) is 1.95. The molecule has 22 heavy (non-hydrogen) atoms. The first-order chi connectivity index (χ1) is 10.4. The second-order valence-corrected chi connectivity index (χ2v) is 4.67. The van der Waals surface area contributed by atoms with Crippen LogP contribution in [0.25, 0.3) is 0 Å². The number of rotatable bonds is 4. The van der Waals surface area contributed by atoms with E-state index in [4.69, 9.17) is 0 Å². The number of halogens is 2. The van der Waals surface area contributed by atoms with Gasteiger partial charge in [0.15, 0.2) is 0 Å². The van der Waals surface area contributed by atoms with Gasteiger partial charge in [0.2, 0.25) is 5.91 Å². The van der Waals surface area contributed by atoms with Crippen LogP contribution in [0.3, 0.4) is 0 Å². The summed E-state index contributed by atoms with van der Waals surface area (Å²) in [5.74, 6) is -2.12. The second-order valence-electron chi connectivity index (χ2n) is 4.67. The second kappa shape index (κ2) is 6.33. The summed E-state index contributed by atoms with van der Waals surface area (Å²) in [4.78, 5) is 38.8. The highest BCUT2D eigenvalue weighted by atomic mass is 19.1. The summed E-state index contributed by atoms with van der Waals surface area (Å²) in [5, 5.41) is 2.33. The zero-order chi connectivity index (χ0) is 16.3. The van der Waals surface area contributed by atoms with E-state index in [-0.39, 0.29) is 29.8 Å². The number of carbonyl (C=O) groups excluding carboxylic acids is 1. The van der Waals surface area contributed by atoms with Gasteiger partial charge in [0, 0.05) is 23.4 Å². The maximum Gasteiger partial charge on any atom is 0.325 e. The van der Waals surface area contributed by atoms with Gasteiger partial charge >= 0.3 is 5.69 Å². The summed E-state index contributed by atoms with van der Waals surface area (Å²) < 4.78 is 26.8. The van der Waals surface area contributed by atoms with Crippen molar-refractivity contribution in [2.75, 3.05) is 0 Å². The van der Waals surface area contributed by atoms with E-state index in [9.17, 15) is 23.2 Å². The predicted octanol–water partition coefficient (Wildman–Crippen LogP) is 0.509. The molecule has 0 aliphatic rings. The zero-order valence-electron chi connectivity index (χ0n) is 11.6. The molecule has 1 amide bonds. The fraction of sp³-hybridized carbons (Fsp3) is 0.214.